The Morgan fingerprint density at radius 2 is 2.22 bits per heavy atom. The fourth-order valence-corrected chi connectivity index (χ4v) is 3.05. The Bertz CT molecular complexity index is 548. The number of hydrogen-bond acceptors (Lipinski definition) is 3. The highest BCUT2D eigenvalue weighted by Crippen LogP contribution is 2.44. The summed E-state index contributed by atoms with van der Waals surface area (Å²) < 4.78 is 5.90. The average Bonchev–Trinajstić information content (AvgIpc) is 2.26. The molecule has 94 valence electrons. The van der Waals surface area contributed by atoms with Crippen molar-refractivity contribution in [1.29, 1.82) is 0 Å². The van der Waals surface area contributed by atoms with E-state index in [2.05, 4.69) is 10.6 Å². The molecule has 1 fully saturated rings. The number of ether oxygens (including phenoxy) is 1. The van der Waals surface area contributed by atoms with E-state index in [-0.39, 0.29) is 6.04 Å². The fourth-order valence-electron chi connectivity index (χ4n) is 2.72. The van der Waals surface area contributed by atoms with Gasteiger partial charge in [0.2, 0.25) is 5.91 Å². The maximum absolute atomic E-state index is 11.7. The minimum atomic E-state index is -0.896. The number of primary amides is 1. The van der Waals surface area contributed by atoms with Gasteiger partial charge >= 0.3 is 0 Å². The molecule has 2 bridgehead atoms. The highest BCUT2D eigenvalue weighted by atomic mass is 32.1. The molecule has 0 aromatic heterocycles. The second-order valence-corrected chi connectivity index (χ2v) is 5.11. The van der Waals surface area contributed by atoms with Gasteiger partial charge in [-0.3, -0.25) is 4.79 Å². The summed E-state index contributed by atoms with van der Waals surface area (Å²) in [5.74, 6) is -0.191. The molecule has 1 amide bonds. The number of rotatable bonds is 1. The lowest BCUT2D eigenvalue weighted by Crippen LogP contribution is -2.70. The Labute approximate surface area is 110 Å². The Balaban J connectivity index is 2.17. The molecular weight excluding hydrogens is 250 g/mol. The number of hydrogen-bond donors (Lipinski definition) is 3. The van der Waals surface area contributed by atoms with Crippen LogP contribution >= 0.6 is 12.2 Å². The van der Waals surface area contributed by atoms with Crippen LogP contribution in [-0.4, -0.2) is 16.7 Å². The van der Waals surface area contributed by atoms with Crippen LogP contribution in [0.4, 0.5) is 0 Å². The van der Waals surface area contributed by atoms with Crippen molar-refractivity contribution in [3.63, 3.8) is 0 Å². The van der Waals surface area contributed by atoms with Crippen molar-refractivity contribution in [2.75, 3.05) is 0 Å². The van der Waals surface area contributed by atoms with Crippen LogP contribution < -0.4 is 21.1 Å². The number of fused-ring (bicyclic) bond motifs is 4. The second-order valence-electron chi connectivity index (χ2n) is 4.70. The van der Waals surface area contributed by atoms with Crippen LogP contribution in [0.25, 0.3) is 0 Å². The van der Waals surface area contributed by atoms with Crippen LogP contribution in [0.15, 0.2) is 24.3 Å². The molecule has 2 heterocycles. The van der Waals surface area contributed by atoms with E-state index >= 15 is 0 Å². The van der Waals surface area contributed by atoms with E-state index in [9.17, 15) is 4.79 Å². The van der Waals surface area contributed by atoms with Gasteiger partial charge in [-0.05, 0) is 25.2 Å². The molecule has 2 aliphatic rings. The van der Waals surface area contributed by atoms with Gasteiger partial charge in [0.15, 0.2) is 10.8 Å². The summed E-state index contributed by atoms with van der Waals surface area (Å²) in [6.07, 6.45) is 0. The number of carbonyl (C=O) groups is 1. The SMILES string of the molecule is CC12NC(=S)NC(c3ccccc3O1)C2C(N)=O. The largest absolute Gasteiger partial charge is 0.467 e. The smallest absolute Gasteiger partial charge is 0.229 e. The quantitative estimate of drug-likeness (QED) is 0.640. The van der Waals surface area contributed by atoms with Crippen LogP contribution in [0.5, 0.6) is 5.75 Å². The molecule has 0 spiro atoms. The van der Waals surface area contributed by atoms with Gasteiger partial charge in [-0.1, -0.05) is 18.2 Å². The fraction of sp³-hybridized carbons (Fsp3) is 0.333. The van der Waals surface area contributed by atoms with Gasteiger partial charge in [0, 0.05) is 5.56 Å². The van der Waals surface area contributed by atoms with E-state index in [0.29, 0.717) is 5.11 Å². The lowest BCUT2D eigenvalue weighted by molar-refractivity contribution is -0.134. The molecule has 3 atom stereocenters. The van der Waals surface area contributed by atoms with Crippen molar-refractivity contribution in [2.24, 2.45) is 11.7 Å². The van der Waals surface area contributed by atoms with E-state index in [4.69, 9.17) is 22.7 Å². The van der Waals surface area contributed by atoms with Gasteiger partial charge in [-0.2, -0.15) is 0 Å². The zero-order valence-electron chi connectivity index (χ0n) is 9.77. The van der Waals surface area contributed by atoms with Crippen LogP contribution in [0, 0.1) is 5.92 Å². The first-order chi connectivity index (χ1) is 8.51. The predicted octanol–water partition coefficient (Wildman–Crippen LogP) is 0.415. The molecule has 6 heteroatoms. The first kappa shape index (κ1) is 11.3. The first-order valence-electron chi connectivity index (χ1n) is 5.67. The zero-order chi connectivity index (χ0) is 12.9. The van der Waals surface area contributed by atoms with Gasteiger partial charge in [0.25, 0.3) is 0 Å². The molecule has 1 saturated heterocycles. The topological polar surface area (TPSA) is 76.4 Å². The number of carbonyl (C=O) groups excluding carboxylic acids is 1. The van der Waals surface area contributed by atoms with Crippen molar-refractivity contribution < 1.29 is 9.53 Å². The van der Waals surface area contributed by atoms with Crippen LogP contribution in [0.2, 0.25) is 0 Å². The lowest BCUT2D eigenvalue weighted by Gasteiger charge is -2.50. The normalized spacial score (nSPS) is 32.6. The summed E-state index contributed by atoms with van der Waals surface area (Å²) in [6, 6.07) is 7.33. The molecular formula is C12H13N3O2S. The number of nitrogens with two attached hydrogens (primary N) is 1. The Kier molecular flexibility index (Phi) is 2.25. The highest BCUT2D eigenvalue weighted by molar-refractivity contribution is 7.80. The standard InChI is InChI=1S/C12H13N3O2S/c1-12-8(10(13)16)9(14-11(18)15-12)6-4-2-3-5-7(6)17-12/h2-5,8-9H,1H3,(H2,13,16)(H2,14,15,18). The first-order valence-corrected chi connectivity index (χ1v) is 6.08. The summed E-state index contributed by atoms with van der Waals surface area (Å²) >= 11 is 5.15. The number of para-hydroxylation sites is 1. The van der Waals surface area contributed by atoms with Crippen LogP contribution in [0.1, 0.15) is 18.5 Å². The number of nitrogens with one attached hydrogen (secondary N) is 2. The summed E-state index contributed by atoms with van der Waals surface area (Å²) in [7, 11) is 0. The van der Waals surface area contributed by atoms with Gasteiger partial charge < -0.3 is 21.1 Å². The third-order valence-electron chi connectivity index (χ3n) is 3.46. The summed E-state index contributed by atoms with van der Waals surface area (Å²) in [5, 5.41) is 6.56. The summed E-state index contributed by atoms with van der Waals surface area (Å²) in [6.45, 7) is 1.79. The van der Waals surface area contributed by atoms with Gasteiger partial charge in [0.1, 0.15) is 11.7 Å². The predicted molar refractivity (Wildman–Crippen MR) is 69.8 cm³/mol. The molecule has 18 heavy (non-hydrogen) atoms. The third kappa shape index (κ3) is 1.45. The van der Waals surface area contributed by atoms with Gasteiger partial charge in [-0.25, -0.2) is 0 Å². The van der Waals surface area contributed by atoms with Crippen LogP contribution in [-0.2, 0) is 4.79 Å². The Hall–Kier alpha value is -1.82. The van der Waals surface area contributed by atoms with Gasteiger partial charge in [0.05, 0.1) is 6.04 Å². The molecule has 0 saturated carbocycles. The van der Waals surface area contributed by atoms with Crippen molar-refractivity contribution in [3.05, 3.63) is 29.8 Å². The maximum atomic E-state index is 11.7. The van der Waals surface area contributed by atoms with Crippen molar-refractivity contribution in [3.8, 4) is 5.75 Å². The molecule has 5 nitrogen and oxygen atoms in total. The number of thiocarbonyl (C=S) groups is 1. The van der Waals surface area contributed by atoms with Crippen molar-refractivity contribution >= 4 is 23.2 Å². The minimum absolute atomic E-state index is 0.244. The molecule has 0 aliphatic carbocycles. The minimum Gasteiger partial charge on any atom is -0.467 e. The summed E-state index contributed by atoms with van der Waals surface area (Å²) in [5.41, 5.74) is 5.51. The molecule has 4 N–H and O–H groups in total. The van der Waals surface area contributed by atoms with Gasteiger partial charge in [-0.15, -0.1) is 0 Å². The third-order valence-corrected chi connectivity index (χ3v) is 3.68. The Morgan fingerprint density at radius 1 is 1.50 bits per heavy atom. The summed E-state index contributed by atoms with van der Waals surface area (Å²) in [4.78, 5) is 11.7. The molecule has 3 unspecified atom stereocenters. The molecule has 2 aliphatic heterocycles. The lowest BCUT2D eigenvalue weighted by atomic mass is 9.80. The average molecular weight is 263 g/mol. The van der Waals surface area contributed by atoms with E-state index in [1.165, 1.54) is 0 Å². The molecule has 1 aromatic rings. The van der Waals surface area contributed by atoms with E-state index in [1.807, 2.05) is 24.3 Å². The highest BCUT2D eigenvalue weighted by Gasteiger charge is 2.53. The maximum Gasteiger partial charge on any atom is 0.229 e. The Morgan fingerprint density at radius 3 is 2.94 bits per heavy atom. The second kappa shape index (κ2) is 3.58. The number of benzene rings is 1. The van der Waals surface area contributed by atoms with Crippen molar-refractivity contribution in [2.45, 2.75) is 18.7 Å². The van der Waals surface area contributed by atoms with E-state index in [0.717, 1.165) is 11.3 Å². The molecule has 1 aromatic carbocycles. The monoisotopic (exact) mass is 263 g/mol. The zero-order valence-corrected chi connectivity index (χ0v) is 10.6. The van der Waals surface area contributed by atoms with E-state index in [1.54, 1.807) is 6.92 Å². The van der Waals surface area contributed by atoms with Crippen LogP contribution in [0.3, 0.4) is 0 Å². The number of amides is 1. The molecule has 3 rings (SSSR count). The van der Waals surface area contributed by atoms with E-state index < -0.39 is 17.6 Å². The molecule has 0 radical (unpaired) electrons. The van der Waals surface area contributed by atoms with Crippen molar-refractivity contribution in [1.82, 2.24) is 10.6 Å².